The number of imide groups is 1. The van der Waals surface area contributed by atoms with Crippen LogP contribution in [0, 0.1) is 5.92 Å². The highest BCUT2D eigenvalue weighted by Crippen LogP contribution is 2.38. The lowest BCUT2D eigenvalue weighted by Gasteiger charge is -2.36. The first kappa shape index (κ1) is 16.1. The highest BCUT2D eigenvalue weighted by molar-refractivity contribution is 6.10. The largest absolute Gasteiger partial charge is 0.325 e. The van der Waals surface area contributed by atoms with Gasteiger partial charge in [-0.3, -0.25) is 14.5 Å². The molecule has 132 valence electrons. The number of fused-ring (bicyclic) bond motifs is 1. The molecule has 1 saturated heterocycles. The molecule has 1 aromatic rings. The third-order valence-electron chi connectivity index (χ3n) is 5.98. The Kier molecular flexibility index (Phi) is 3.78. The van der Waals surface area contributed by atoms with E-state index in [4.69, 9.17) is 0 Å². The van der Waals surface area contributed by atoms with Crippen molar-refractivity contribution in [3.05, 3.63) is 29.8 Å². The lowest BCUT2D eigenvalue weighted by Crippen LogP contribution is -2.54. The Bertz CT molecular complexity index is 747. The fraction of sp³-hybridized carbons (Fsp3) is 0.526. The van der Waals surface area contributed by atoms with Gasteiger partial charge in [-0.1, -0.05) is 38.0 Å². The Hall–Kier alpha value is -2.37. The van der Waals surface area contributed by atoms with Crippen molar-refractivity contribution in [3.63, 3.8) is 0 Å². The summed E-state index contributed by atoms with van der Waals surface area (Å²) in [4.78, 5) is 41.0. The van der Waals surface area contributed by atoms with Crippen LogP contribution in [-0.4, -0.2) is 41.4 Å². The highest BCUT2D eigenvalue weighted by Gasteiger charge is 2.55. The van der Waals surface area contributed by atoms with Crippen LogP contribution in [0.25, 0.3) is 0 Å². The molecule has 0 bridgehead atoms. The minimum absolute atomic E-state index is 0.102. The first-order chi connectivity index (χ1) is 12.0. The number of nitrogens with one attached hydrogen (secondary N) is 1. The van der Waals surface area contributed by atoms with Gasteiger partial charge in [0.05, 0.1) is 0 Å². The topological polar surface area (TPSA) is 69.7 Å². The number of hydrogen-bond donors (Lipinski definition) is 1. The van der Waals surface area contributed by atoms with E-state index in [0.717, 1.165) is 41.8 Å². The molecule has 1 N–H and O–H groups in total. The van der Waals surface area contributed by atoms with E-state index in [9.17, 15) is 14.4 Å². The van der Waals surface area contributed by atoms with Crippen molar-refractivity contribution < 1.29 is 14.4 Å². The molecule has 6 nitrogen and oxygen atoms in total. The van der Waals surface area contributed by atoms with Crippen LogP contribution < -0.4 is 10.2 Å². The first-order valence-corrected chi connectivity index (χ1v) is 9.05. The number of para-hydroxylation sites is 1. The molecule has 3 aliphatic rings. The van der Waals surface area contributed by atoms with Gasteiger partial charge in [-0.05, 0) is 36.8 Å². The van der Waals surface area contributed by atoms with E-state index >= 15 is 0 Å². The Morgan fingerprint density at radius 3 is 2.88 bits per heavy atom. The van der Waals surface area contributed by atoms with E-state index < -0.39 is 11.6 Å². The molecule has 6 heteroatoms. The van der Waals surface area contributed by atoms with E-state index in [0.29, 0.717) is 13.0 Å². The number of carbonyl (C=O) groups is 3. The zero-order valence-corrected chi connectivity index (χ0v) is 14.5. The summed E-state index contributed by atoms with van der Waals surface area (Å²) in [5.41, 5.74) is 1.21. The summed E-state index contributed by atoms with van der Waals surface area (Å²) in [6.45, 7) is 2.43. The van der Waals surface area contributed by atoms with Crippen LogP contribution >= 0.6 is 0 Å². The summed E-state index contributed by atoms with van der Waals surface area (Å²) in [6, 6.07) is 7.35. The molecular formula is C19H23N3O3. The molecule has 4 rings (SSSR count). The van der Waals surface area contributed by atoms with Crippen molar-refractivity contribution in [3.8, 4) is 0 Å². The fourth-order valence-electron chi connectivity index (χ4n) is 4.46. The number of hydrogen-bond acceptors (Lipinski definition) is 3. The molecule has 1 saturated carbocycles. The Labute approximate surface area is 147 Å². The third-order valence-corrected chi connectivity index (χ3v) is 5.98. The average molecular weight is 341 g/mol. The predicted molar refractivity (Wildman–Crippen MR) is 93.1 cm³/mol. The van der Waals surface area contributed by atoms with Gasteiger partial charge in [0, 0.05) is 12.2 Å². The molecule has 2 atom stereocenters. The van der Waals surface area contributed by atoms with E-state index in [-0.39, 0.29) is 24.3 Å². The Morgan fingerprint density at radius 2 is 2.08 bits per heavy atom. The number of amides is 4. The molecule has 1 spiro atoms. The first-order valence-electron chi connectivity index (χ1n) is 9.05. The number of nitrogens with zero attached hydrogens (tertiary/aromatic N) is 2. The van der Waals surface area contributed by atoms with Gasteiger partial charge in [0.1, 0.15) is 12.1 Å². The Morgan fingerprint density at radius 1 is 1.28 bits per heavy atom. The number of benzene rings is 1. The second-order valence-corrected chi connectivity index (χ2v) is 7.36. The summed E-state index contributed by atoms with van der Waals surface area (Å²) >= 11 is 0. The van der Waals surface area contributed by atoms with Crippen LogP contribution in [0.5, 0.6) is 0 Å². The van der Waals surface area contributed by atoms with Crippen molar-refractivity contribution in [1.82, 2.24) is 10.2 Å². The van der Waals surface area contributed by atoms with Gasteiger partial charge in [0.15, 0.2) is 0 Å². The molecule has 2 aliphatic heterocycles. The second-order valence-electron chi connectivity index (χ2n) is 7.36. The second kappa shape index (κ2) is 5.86. The molecule has 2 heterocycles. The number of carbonyl (C=O) groups excluding carboxylic acids is 3. The van der Waals surface area contributed by atoms with Crippen LogP contribution in [-0.2, 0) is 16.0 Å². The maximum absolute atomic E-state index is 13.0. The normalized spacial score (nSPS) is 28.4. The lowest BCUT2D eigenvalue weighted by atomic mass is 9.73. The third kappa shape index (κ3) is 2.42. The monoisotopic (exact) mass is 341 g/mol. The van der Waals surface area contributed by atoms with E-state index in [1.165, 1.54) is 0 Å². The van der Waals surface area contributed by atoms with Gasteiger partial charge in [0.25, 0.3) is 5.91 Å². The van der Waals surface area contributed by atoms with E-state index in [1.807, 2.05) is 31.2 Å². The highest BCUT2D eigenvalue weighted by atomic mass is 16.2. The van der Waals surface area contributed by atoms with E-state index in [1.54, 1.807) is 4.90 Å². The van der Waals surface area contributed by atoms with Gasteiger partial charge in [-0.15, -0.1) is 0 Å². The molecular weight excluding hydrogens is 318 g/mol. The van der Waals surface area contributed by atoms with Crippen LogP contribution in [0.3, 0.4) is 0 Å². The van der Waals surface area contributed by atoms with Crippen LogP contribution in [0.15, 0.2) is 24.3 Å². The molecule has 4 amide bonds. The average Bonchev–Trinajstić information content (AvgIpc) is 3.13. The summed E-state index contributed by atoms with van der Waals surface area (Å²) in [7, 11) is 0. The van der Waals surface area contributed by atoms with E-state index in [2.05, 4.69) is 5.32 Å². The van der Waals surface area contributed by atoms with Crippen molar-refractivity contribution in [1.29, 1.82) is 0 Å². The molecule has 0 radical (unpaired) electrons. The summed E-state index contributed by atoms with van der Waals surface area (Å²) in [5.74, 6) is -0.329. The van der Waals surface area contributed by atoms with Gasteiger partial charge in [0.2, 0.25) is 5.91 Å². The number of urea groups is 1. The van der Waals surface area contributed by atoms with Crippen LogP contribution in [0.2, 0.25) is 0 Å². The standard InChI is InChI=1S/C19H23N3O3/c1-13-6-4-5-10-19(13)17(24)22(18(25)20-19)12-16(23)21-11-9-14-7-2-3-8-15(14)21/h2-3,7-8,13H,4-6,9-12H2,1H3,(H,20,25)/t13-,19+/m0/s1. The minimum Gasteiger partial charge on any atom is -0.323 e. The van der Waals surface area contributed by atoms with Gasteiger partial charge in [-0.25, -0.2) is 4.79 Å². The quantitative estimate of drug-likeness (QED) is 0.837. The minimum atomic E-state index is -0.807. The summed E-state index contributed by atoms with van der Waals surface area (Å²) in [5, 5.41) is 2.90. The zero-order chi connectivity index (χ0) is 17.6. The SMILES string of the molecule is C[C@H]1CCCC[C@@]12NC(=O)N(CC(=O)N1CCc3ccccc31)C2=O. The summed E-state index contributed by atoms with van der Waals surface area (Å²) < 4.78 is 0. The number of rotatable bonds is 2. The molecule has 1 aromatic carbocycles. The predicted octanol–water partition coefficient (Wildman–Crippen LogP) is 2.08. The van der Waals surface area contributed by atoms with Crippen molar-refractivity contribution in [2.75, 3.05) is 18.0 Å². The molecule has 2 fully saturated rings. The lowest BCUT2D eigenvalue weighted by molar-refractivity contribution is -0.136. The fourth-order valence-corrected chi connectivity index (χ4v) is 4.46. The molecule has 0 aromatic heterocycles. The maximum atomic E-state index is 13.0. The zero-order valence-electron chi connectivity index (χ0n) is 14.5. The summed E-state index contributed by atoms with van der Waals surface area (Å²) in [6.07, 6.45) is 4.40. The van der Waals surface area contributed by atoms with Gasteiger partial charge in [-0.2, -0.15) is 0 Å². The van der Waals surface area contributed by atoms with Crippen LogP contribution in [0.4, 0.5) is 10.5 Å². The Balaban J connectivity index is 1.52. The molecule has 0 unspecified atom stereocenters. The van der Waals surface area contributed by atoms with Gasteiger partial charge >= 0.3 is 6.03 Å². The maximum Gasteiger partial charge on any atom is 0.325 e. The van der Waals surface area contributed by atoms with Gasteiger partial charge < -0.3 is 10.2 Å². The molecule has 1 aliphatic carbocycles. The molecule has 25 heavy (non-hydrogen) atoms. The van der Waals surface area contributed by atoms with Crippen molar-refractivity contribution in [2.45, 2.75) is 44.6 Å². The van der Waals surface area contributed by atoms with Crippen LogP contribution in [0.1, 0.15) is 38.2 Å². The smallest absolute Gasteiger partial charge is 0.323 e. The van der Waals surface area contributed by atoms with Crippen molar-refractivity contribution in [2.24, 2.45) is 5.92 Å². The van der Waals surface area contributed by atoms with Crippen molar-refractivity contribution >= 4 is 23.5 Å². The number of anilines is 1.